The fraction of sp³-hybridized carbons (Fsp3) is 0.303. The van der Waals surface area contributed by atoms with Gasteiger partial charge in [0.1, 0.15) is 6.61 Å². The Morgan fingerprint density at radius 3 is 2.26 bits per heavy atom. The molecule has 0 radical (unpaired) electrons. The van der Waals surface area contributed by atoms with Crippen LogP contribution in [0, 0.1) is 0 Å². The number of ether oxygens (including phenoxy) is 1. The molecule has 0 atom stereocenters. The van der Waals surface area contributed by atoms with Crippen molar-refractivity contribution in [1.82, 2.24) is 14.9 Å². The zero-order valence-corrected chi connectivity index (χ0v) is 24.5. The molecule has 0 spiro atoms. The lowest BCUT2D eigenvalue weighted by Crippen LogP contribution is -2.41. The maximum atomic E-state index is 13.0. The van der Waals surface area contributed by atoms with Crippen LogP contribution in [0.15, 0.2) is 83.3 Å². The third-order valence-corrected chi connectivity index (χ3v) is 8.63. The van der Waals surface area contributed by atoms with Crippen LogP contribution >= 0.6 is 0 Å². The highest BCUT2D eigenvalue weighted by molar-refractivity contribution is 6.56. The molecule has 1 amide bonds. The first-order valence-electron chi connectivity index (χ1n) is 14.1. The summed E-state index contributed by atoms with van der Waals surface area (Å²) in [4.78, 5) is 30.1. The largest absolute Gasteiger partial charge is 0.492 e. The summed E-state index contributed by atoms with van der Waals surface area (Å²) in [7, 11) is 0.974. The van der Waals surface area contributed by atoms with Crippen molar-refractivity contribution in [3.63, 3.8) is 0 Å². The van der Waals surface area contributed by atoms with Crippen molar-refractivity contribution >= 4 is 30.2 Å². The number of aryl methyl sites for hydroxylation is 1. The lowest BCUT2D eigenvalue weighted by atomic mass is 9.77. The molecular formula is C33H34BN3O5. The monoisotopic (exact) mass is 563 g/mol. The second kappa shape index (κ2) is 10.6. The molecule has 1 N–H and O–H groups in total. The molecule has 0 saturated carbocycles. The second-order valence-electron chi connectivity index (χ2n) is 11.9. The third-order valence-electron chi connectivity index (χ3n) is 8.63. The maximum Gasteiger partial charge on any atom is 0.492 e. The van der Waals surface area contributed by atoms with Crippen LogP contribution < -0.4 is 10.9 Å². The van der Waals surface area contributed by atoms with E-state index in [1.807, 2.05) is 70.2 Å². The van der Waals surface area contributed by atoms with Crippen LogP contribution in [-0.2, 0) is 21.1 Å². The fourth-order valence-electron chi connectivity index (χ4n) is 5.55. The van der Waals surface area contributed by atoms with E-state index in [4.69, 9.17) is 14.0 Å². The van der Waals surface area contributed by atoms with Gasteiger partial charge in [-0.25, -0.2) is 9.78 Å². The summed E-state index contributed by atoms with van der Waals surface area (Å²) in [6.07, 6.45) is 2.86. The van der Waals surface area contributed by atoms with E-state index in [0.717, 1.165) is 16.7 Å². The van der Waals surface area contributed by atoms with Gasteiger partial charge in [0.2, 0.25) is 0 Å². The smallest absolute Gasteiger partial charge is 0.449 e. The molecule has 2 aliphatic rings. The van der Waals surface area contributed by atoms with Crippen molar-refractivity contribution in [3.8, 4) is 11.1 Å². The third kappa shape index (κ3) is 5.03. The van der Waals surface area contributed by atoms with Crippen molar-refractivity contribution < 1.29 is 18.8 Å². The molecule has 0 bridgehead atoms. The Labute approximate surface area is 245 Å². The van der Waals surface area contributed by atoms with Gasteiger partial charge in [-0.2, -0.15) is 0 Å². The van der Waals surface area contributed by atoms with E-state index in [-0.39, 0.29) is 24.6 Å². The normalized spacial score (nSPS) is 17.3. The quantitative estimate of drug-likeness (QED) is 0.312. The van der Waals surface area contributed by atoms with Crippen LogP contribution in [0.25, 0.3) is 28.1 Å². The summed E-state index contributed by atoms with van der Waals surface area (Å²) < 4.78 is 19.8. The number of aromatic nitrogens is 2. The van der Waals surface area contributed by atoms with Crippen molar-refractivity contribution in [2.75, 3.05) is 13.2 Å². The first kappa shape index (κ1) is 27.9. The lowest BCUT2D eigenvalue weighted by Gasteiger charge is -2.32. The number of rotatable bonds is 6. The summed E-state index contributed by atoms with van der Waals surface area (Å²) in [5.41, 5.74) is 5.47. The zero-order valence-electron chi connectivity index (χ0n) is 24.5. The van der Waals surface area contributed by atoms with E-state index in [1.54, 1.807) is 13.1 Å². The number of alkyl carbamates (subject to hydrolysis) is 1. The maximum absolute atomic E-state index is 13.0. The average molecular weight is 563 g/mol. The van der Waals surface area contributed by atoms with E-state index in [2.05, 4.69) is 34.6 Å². The van der Waals surface area contributed by atoms with Crippen LogP contribution in [0.3, 0.4) is 0 Å². The van der Waals surface area contributed by atoms with Gasteiger partial charge in [0.25, 0.3) is 5.56 Å². The van der Waals surface area contributed by atoms with Crippen LogP contribution in [0.2, 0.25) is 0 Å². The van der Waals surface area contributed by atoms with Gasteiger partial charge in [0.15, 0.2) is 0 Å². The molecule has 1 fully saturated rings. The summed E-state index contributed by atoms with van der Waals surface area (Å²) in [5.74, 6) is -0.0323. The molecule has 214 valence electrons. The Bertz CT molecular complexity index is 1720. The molecule has 1 saturated heterocycles. The Morgan fingerprint density at radius 2 is 1.62 bits per heavy atom. The number of carbonyl (C=O) groups excluding carboxylic acids is 1. The summed E-state index contributed by atoms with van der Waals surface area (Å²) in [5, 5.41) is 3.40. The molecule has 42 heavy (non-hydrogen) atoms. The minimum Gasteiger partial charge on any atom is -0.449 e. The molecule has 1 aliphatic heterocycles. The molecule has 6 rings (SSSR count). The number of carbonyl (C=O) groups is 1. The molecule has 8 nitrogen and oxygen atoms in total. The second-order valence-corrected chi connectivity index (χ2v) is 11.9. The average Bonchev–Trinajstić information content (AvgIpc) is 3.40. The first-order valence-corrected chi connectivity index (χ1v) is 14.1. The Balaban J connectivity index is 1.22. The number of hydrogen-bond acceptors (Lipinski definition) is 6. The van der Waals surface area contributed by atoms with E-state index in [0.29, 0.717) is 16.4 Å². The predicted molar refractivity (Wildman–Crippen MR) is 164 cm³/mol. The van der Waals surface area contributed by atoms with Crippen molar-refractivity contribution in [2.45, 2.75) is 44.8 Å². The standard InChI is InChI=1S/C33H34BN3O5/c1-32(2)33(3,4)42-34(41-32)22(16-21-14-15-29-27(17-21)30(38)37(5)20-36-29)18-35-31(39)40-19-28-25-12-8-6-10-23(25)24-11-7-9-13-26(24)28/h6-17,20,28H,18-19H2,1-5H3,(H,35,39). The highest BCUT2D eigenvalue weighted by Crippen LogP contribution is 2.44. The minimum atomic E-state index is -0.698. The molecule has 2 heterocycles. The highest BCUT2D eigenvalue weighted by atomic mass is 16.7. The number of fused-ring (bicyclic) bond motifs is 4. The van der Waals surface area contributed by atoms with Gasteiger partial charge < -0.3 is 23.9 Å². The number of benzene rings is 3. The van der Waals surface area contributed by atoms with Gasteiger partial charge in [-0.15, -0.1) is 0 Å². The van der Waals surface area contributed by atoms with Gasteiger partial charge >= 0.3 is 13.2 Å². The number of nitrogens with zero attached hydrogens (tertiary/aromatic N) is 2. The number of amides is 1. The zero-order chi connectivity index (χ0) is 29.6. The molecule has 4 aromatic rings. The van der Waals surface area contributed by atoms with E-state index >= 15 is 0 Å². The molecular weight excluding hydrogens is 529 g/mol. The van der Waals surface area contributed by atoms with Crippen LogP contribution in [-0.4, -0.2) is 47.1 Å². The first-order chi connectivity index (χ1) is 20.0. The highest BCUT2D eigenvalue weighted by Gasteiger charge is 2.52. The van der Waals surface area contributed by atoms with Gasteiger partial charge in [-0.05, 0) is 73.1 Å². The topological polar surface area (TPSA) is 91.7 Å². The van der Waals surface area contributed by atoms with Crippen molar-refractivity contribution in [1.29, 1.82) is 0 Å². The lowest BCUT2D eigenvalue weighted by molar-refractivity contribution is 0.00578. The molecule has 1 aromatic heterocycles. The molecule has 9 heteroatoms. The van der Waals surface area contributed by atoms with Crippen LogP contribution in [0.1, 0.15) is 50.3 Å². The molecule has 1 aliphatic carbocycles. The van der Waals surface area contributed by atoms with E-state index in [1.165, 1.54) is 22.0 Å². The summed E-state index contributed by atoms with van der Waals surface area (Å²) in [6.45, 7) is 8.28. The van der Waals surface area contributed by atoms with Gasteiger partial charge in [-0.3, -0.25) is 4.79 Å². The SMILES string of the molecule is Cn1cnc2ccc(C=C(CNC(=O)OCC3c4ccccc4-c4ccccc43)B3OC(C)(C)C(C)(C)O3)cc2c1=O. The van der Waals surface area contributed by atoms with E-state index in [9.17, 15) is 9.59 Å². The van der Waals surface area contributed by atoms with Gasteiger partial charge in [0.05, 0.1) is 28.4 Å². The van der Waals surface area contributed by atoms with Gasteiger partial charge in [-0.1, -0.05) is 60.7 Å². The van der Waals surface area contributed by atoms with E-state index < -0.39 is 24.4 Å². The summed E-state index contributed by atoms with van der Waals surface area (Å²) in [6, 6.07) is 22.0. The predicted octanol–water partition coefficient (Wildman–Crippen LogP) is 5.49. The van der Waals surface area contributed by atoms with Crippen molar-refractivity contribution in [2.24, 2.45) is 7.05 Å². The number of nitrogens with one attached hydrogen (secondary N) is 1. The van der Waals surface area contributed by atoms with Crippen LogP contribution in [0.4, 0.5) is 4.79 Å². The Morgan fingerprint density at radius 1 is 1.00 bits per heavy atom. The van der Waals surface area contributed by atoms with Crippen molar-refractivity contribution in [3.05, 3.63) is 106 Å². The van der Waals surface area contributed by atoms with Crippen LogP contribution in [0.5, 0.6) is 0 Å². The molecule has 0 unspecified atom stereocenters. The molecule has 3 aromatic carbocycles. The number of hydrogen-bond donors (Lipinski definition) is 1. The Kier molecular flexibility index (Phi) is 7.03. The Hall–Kier alpha value is -4.21. The minimum absolute atomic E-state index is 0.0323. The van der Waals surface area contributed by atoms with Gasteiger partial charge in [0, 0.05) is 19.5 Å². The fourth-order valence-corrected chi connectivity index (χ4v) is 5.55. The summed E-state index contributed by atoms with van der Waals surface area (Å²) >= 11 is 0.